The van der Waals surface area contributed by atoms with Crippen molar-refractivity contribution in [1.29, 1.82) is 0 Å². The Morgan fingerprint density at radius 2 is 2.10 bits per heavy atom. The van der Waals surface area contributed by atoms with E-state index in [0.29, 0.717) is 12.1 Å². The van der Waals surface area contributed by atoms with E-state index in [1.54, 1.807) is 0 Å². The first-order valence-electron chi connectivity index (χ1n) is 6.93. The highest BCUT2D eigenvalue weighted by Gasteiger charge is 2.23. The maximum Gasteiger partial charge on any atom is 0.0409 e. The van der Waals surface area contributed by atoms with Crippen molar-refractivity contribution in [3.63, 3.8) is 0 Å². The highest BCUT2D eigenvalue weighted by atomic mass is 79.9. The quantitative estimate of drug-likeness (QED) is 0.777. The van der Waals surface area contributed by atoms with Crippen molar-refractivity contribution >= 4 is 27.5 Å². The van der Waals surface area contributed by atoms with Gasteiger partial charge in [0.1, 0.15) is 0 Å². The Morgan fingerprint density at radius 3 is 2.90 bits per heavy atom. The van der Waals surface area contributed by atoms with Gasteiger partial charge in [0.15, 0.2) is 0 Å². The molecule has 2 atom stereocenters. The van der Waals surface area contributed by atoms with Gasteiger partial charge in [0.05, 0.1) is 0 Å². The first-order chi connectivity index (χ1) is 9.63. The molecule has 0 aromatic heterocycles. The monoisotopic (exact) mass is 349 g/mol. The van der Waals surface area contributed by atoms with E-state index in [0.717, 1.165) is 17.9 Å². The Labute approximate surface area is 133 Å². The summed E-state index contributed by atoms with van der Waals surface area (Å²) in [6.45, 7) is 2.20. The average molecular weight is 351 g/mol. The van der Waals surface area contributed by atoms with Gasteiger partial charge in [0.2, 0.25) is 0 Å². The summed E-state index contributed by atoms with van der Waals surface area (Å²) in [5.74, 6) is 0. The molecule has 1 aliphatic rings. The molecule has 20 heavy (non-hydrogen) atoms. The lowest BCUT2D eigenvalue weighted by Crippen LogP contribution is -2.22. The van der Waals surface area contributed by atoms with Gasteiger partial charge >= 0.3 is 0 Å². The standard InChI is InChI=1S/C17H17BrClN/c1-11(12-3-2-4-15(19)10-12)20-17-8-5-13-9-14(18)6-7-16(13)17/h2-4,6-7,9-11,17,20H,5,8H2,1H3/t11-,17?/m1/s1. The molecule has 1 nitrogen and oxygen atoms in total. The second-order valence-corrected chi connectivity index (χ2v) is 6.73. The van der Waals surface area contributed by atoms with Crippen molar-refractivity contribution in [2.24, 2.45) is 0 Å². The largest absolute Gasteiger partial charge is 0.303 e. The zero-order valence-electron chi connectivity index (χ0n) is 11.4. The summed E-state index contributed by atoms with van der Waals surface area (Å²) in [5, 5.41) is 4.52. The van der Waals surface area contributed by atoms with Crippen molar-refractivity contribution in [2.75, 3.05) is 0 Å². The first-order valence-corrected chi connectivity index (χ1v) is 8.10. The molecule has 0 spiro atoms. The van der Waals surface area contributed by atoms with Crippen LogP contribution in [-0.4, -0.2) is 0 Å². The minimum absolute atomic E-state index is 0.299. The molecule has 0 fully saturated rings. The van der Waals surface area contributed by atoms with Crippen LogP contribution in [0.25, 0.3) is 0 Å². The lowest BCUT2D eigenvalue weighted by molar-refractivity contribution is 0.465. The maximum atomic E-state index is 6.07. The molecule has 1 aliphatic carbocycles. The summed E-state index contributed by atoms with van der Waals surface area (Å²) >= 11 is 9.62. The number of hydrogen-bond donors (Lipinski definition) is 1. The molecule has 0 heterocycles. The van der Waals surface area contributed by atoms with Crippen LogP contribution in [-0.2, 0) is 6.42 Å². The molecule has 1 N–H and O–H groups in total. The Kier molecular flexibility index (Phi) is 4.16. The third-order valence-electron chi connectivity index (χ3n) is 3.98. The molecule has 0 saturated heterocycles. The zero-order valence-corrected chi connectivity index (χ0v) is 13.7. The molecule has 3 rings (SSSR count). The van der Waals surface area contributed by atoms with Crippen LogP contribution in [0.2, 0.25) is 5.02 Å². The second kappa shape index (κ2) is 5.88. The fourth-order valence-electron chi connectivity index (χ4n) is 2.93. The molecule has 1 unspecified atom stereocenters. The molecule has 0 radical (unpaired) electrons. The van der Waals surface area contributed by atoms with E-state index in [1.165, 1.54) is 21.2 Å². The number of benzene rings is 2. The van der Waals surface area contributed by atoms with Crippen molar-refractivity contribution in [3.8, 4) is 0 Å². The van der Waals surface area contributed by atoms with E-state index in [4.69, 9.17) is 11.6 Å². The van der Waals surface area contributed by atoms with E-state index in [-0.39, 0.29) is 0 Å². The summed E-state index contributed by atoms with van der Waals surface area (Å²) in [5.41, 5.74) is 4.13. The van der Waals surface area contributed by atoms with Crippen LogP contribution in [0.3, 0.4) is 0 Å². The van der Waals surface area contributed by atoms with Gasteiger partial charge < -0.3 is 5.32 Å². The van der Waals surface area contributed by atoms with Gasteiger partial charge in [-0.15, -0.1) is 0 Å². The van der Waals surface area contributed by atoms with Crippen LogP contribution >= 0.6 is 27.5 Å². The fraction of sp³-hybridized carbons (Fsp3) is 0.294. The molecule has 0 amide bonds. The smallest absolute Gasteiger partial charge is 0.0409 e. The topological polar surface area (TPSA) is 12.0 Å². The highest BCUT2D eigenvalue weighted by molar-refractivity contribution is 9.10. The van der Waals surface area contributed by atoms with Crippen LogP contribution in [0.4, 0.5) is 0 Å². The molecule has 2 aromatic carbocycles. The first kappa shape index (κ1) is 14.1. The van der Waals surface area contributed by atoms with E-state index >= 15 is 0 Å². The van der Waals surface area contributed by atoms with Crippen molar-refractivity contribution < 1.29 is 0 Å². The highest BCUT2D eigenvalue weighted by Crippen LogP contribution is 2.34. The van der Waals surface area contributed by atoms with Gasteiger partial charge in [0.25, 0.3) is 0 Å². The normalized spacial score (nSPS) is 18.9. The predicted octanol–water partition coefficient (Wildman–Crippen LogP) is 5.44. The third kappa shape index (κ3) is 2.93. The molecule has 0 aliphatic heterocycles. The van der Waals surface area contributed by atoms with Crippen molar-refractivity contribution in [2.45, 2.75) is 31.8 Å². The van der Waals surface area contributed by atoms with Gasteiger partial charge in [-0.2, -0.15) is 0 Å². The number of rotatable bonds is 3. The van der Waals surface area contributed by atoms with Gasteiger partial charge in [-0.05, 0) is 60.7 Å². The summed E-state index contributed by atoms with van der Waals surface area (Å²) in [6, 6.07) is 15.4. The van der Waals surface area contributed by atoms with Gasteiger partial charge in [-0.25, -0.2) is 0 Å². The van der Waals surface area contributed by atoms with Crippen LogP contribution in [0.15, 0.2) is 46.9 Å². The molecule has 0 bridgehead atoms. The maximum absolute atomic E-state index is 6.07. The lowest BCUT2D eigenvalue weighted by atomic mass is 10.0. The number of halogens is 2. The zero-order chi connectivity index (χ0) is 14.1. The Bertz CT molecular complexity index is 626. The van der Waals surface area contributed by atoms with Gasteiger partial charge in [0, 0.05) is 21.6 Å². The summed E-state index contributed by atoms with van der Waals surface area (Å²) in [7, 11) is 0. The van der Waals surface area contributed by atoms with Gasteiger partial charge in [-0.1, -0.05) is 45.7 Å². The molecule has 2 aromatic rings. The SMILES string of the molecule is C[C@@H](NC1CCc2cc(Br)ccc21)c1cccc(Cl)c1. The summed E-state index contributed by atoms with van der Waals surface area (Å²) in [6.07, 6.45) is 2.31. The second-order valence-electron chi connectivity index (χ2n) is 5.38. The van der Waals surface area contributed by atoms with Crippen LogP contribution in [0, 0.1) is 0 Å². The average Bonchev–Trinajstić information content (AvgIpc) is 2.81. The summed E-state index contributed by atoms with van der Waals surface area (Å²) in [4.78, 5) is 0. The van der Waals surface area contributed by atoms with E-state index < -0.39 is 0 Å². The van der Waals surface area contributed by atoms with Crippen LogP contribution < -0.4 is 5.32 Å². The number of fused-ring (bicyclic) bond motifs is 1. The molecule has 104 valence electrons. The minimum atomic E-state index is 0.299. The van der Waals surface area contributed by atoms with E-state index in [9.17, 15) is 0 Å². The number of hydrogen-bond acceptors (Lipinski definition) is 1. The molecular weight excluding hydrogens is 334 g/mol. The molecule has 0 saturated carbocycles. The van der Waals surface area contributed by atoms with Crippen molar-refractivity contribution in [1.82, 2.24) is 5.32 Å². The van der Waals surface area contributed by atoms with E-state index in [1.807, 2.05) is 18.2 Å². The lowest BCUT2D eigenvalue weighted by Gasteiger charge is -2.21. The van der Waals surface area contributed by atoms with Crippen LogP contribution in [0.1, 0.15) is 42.1 Å². The van der Waals surface area contributed by atoms with Crippen LogP contribution in [0.5, 0.6) is 0 Å². The van der Waals surface area contributed by atoms with Crippen molar-refractivity contribution in [3.05, 3.63) is 68.7 Å². The Morgan fingerprint density at radius 1 is 1.25 bits per heavy atom. The molecule has 3 heteroatoms. The Hall–Kier alpha value is -0.830. The fourth-order valence-corrected chi connectivity index (χ4v) is 3.54. The number of aryl methyl sites for hydroxylation is 1. The third-order valence-corrected chi connectivity index (χ3v) is 4.71. The number of nitrogens with one attached hydrogen (secondary N) is 1. The Balaban J connectivity index is 1.77. The molecular formula is C17H17BrClN. The minimum Gasteiger partial charge on any atom is -0.303 e. The summed E-state index contributed by atoms with van der Waals surface area (Å²) < 4.78 is 1.17. The predicted molar refractivity (Wildman–Crippen MR) is 88.2 cm³/mol. The van der Waals surface area contributed by atoms with E-state index in [2.05, 4.69) is 52.4 Å². The van der Waals surface area contributed by atoms with Gasteiger partial charge in [-0.3, -0.25) is 0 Å².